The van der Waals surface area contributed by atoms with Crippen LogP contribution in [0, 0.1) is 0 Å². The molecule has 0 amide bonds. The first-order valence-corrected chi connectivity index (χ1v) is 12.1. The Hall–Kier alpha value is -3.25. The number of hydrogen-bond acceptors (Lipinski definition) is 5. The van der Waals surface area contributed by atoms with Gasteiger partial charge in [-0.05, 0) is 74.4 Å². The number of benzene rings is 3. The van der Waals surface area contributed by atoms with Gasteiger partial charge in [0.2, 0.25) is 0 Å². The minimum Gasteiger partial charge on any atom is -0.497 e. The number of halogens is 1. The molecule has 34 heavy (non-hydrogen) atoms. The zero-order valence-corrected chi connectivity index (χ0v) is 21.2. The number of nitrogens with zero attached hydrogens (tertiary/aromatic N) is 1. The number of rotatable bonds is 8. The Morgan fingerprint density at radius 1 is 1.09 bits per heavy atom. The minimum absolute atomic E-state index is 0.237. The second-order valence-electron chi connectivity index (χ2n) is 8.09. The molecule has 4 rings (SSSR count). The predicted molar refractivity (Wildman–Crippen MR) is 138 cm³/mol. The van der Waals surface area contributed by atoms with Gasteiger partial charge in [-0.1, -0.05) is 40.2 Å². The van der Waals surface area contributed by atoms with Crippen LogP contribution in [0.15, 0.2) is 77.3 Å². The standard InChI is InChI=1S/C28H28BrNO4/c1-4-33-28(31)21-6-5-7-23(16-21)30-19(2)8-14-26(30)25-17-22(29)11-15-27(25)34-18-20-9-12-24(32-3)13-10-20/h5-7,9-17,19H,4,8,18H2,1-3H3. The van der Waals surface area contributed by atoms with Gasteiger partial charge < -0.3 is 19.1 Å². The summed E-state index contributed by atoms with van der Waals surface area (Å²) in [5, 5.41) is 0. The first kappa shape index (κ1) is 23.9. The van der Waals surface area contributed by atoms with Crippen molar-refractivity contribution in [3.05, 3.63) is 94.0 Å². The lowest BCUT2D eigenvalue weighted by Gasteiger charge is -2.29. The number of ether oxygens (including phenoxy) is 3. The summed E-state index contributed by atoms with van der Waals surface area (Å²) in [6, 6.07) is 21.7. The number of hydrogen-bond donors (Lipinski definition) is 0. The van der Waals surface area contributed by atoms with Crippen LogP contribution in [0.2, 0.25) is 0 Å². The molecule has 0 aromatic heterocycles. The van der Waals surface area contributed by atoms with Crippen molar-refractivity contribution in [1.82, 2.24) is 0 Å². The van der Waals surface area contributed by atoms with Crippen molar-refractivity contribution in [3.63, 3.8) is 0 Å². The third-order valence-electron chi connectivity index (χ3n) is 5.76. The second-order valence-corrected chi connectivity index (χ2v) is 9.01. The number of carbonyl (C=O) groups excluding carboxylic acids is 1. The molecule has 1 unspecified atom stereocenters. The highest BCUT2D eigenvalue weighted by Gasteiger charge is 2.28. The summed E-state index contributed by atoms with van der Waals surface area (Å²) in [6.07, 6.45) is 3.12. The number of carbonyl (C=O) groups is 1. The van der Waals surface area contributed by atoms with Gasteiger partial charge in [-0.15, -0.1) is 0 Å². The second kappa shape index (κ2) is 10.8. The maximum atomic E-state index is 12.3. The third-order valence-corrected chi connectivity index (χ3v) is 6.25. The fourth-order valence-electron chi connectivity index (χ4n) is 4.06. The van der Waals surface area contributed by atoms with Gasteiger partial charge in [0.25, 0.3) is 0 Å². The normalized spacial score (nSPS) is 15.1. The van der Waals surface area contributed by atoms with Gasteiger partial charge in [-0.3, -0.25) is 0 Å². The molecule has 0 aliphatic carbocycles. The molecule has 176 valence electrons. The lowest BCUT2D eigenvalue weighted by molar-refractivity contribution is 0.0526. The molecule has 6 heteroatoms. The molecule has 0 N–H and O–H groups in total. The van der Waals surface area contributed by atoms with Crippen LogP contribution in [0.25, 0.3) is 5.70 Å². The molecule has 0 saturated carbocycles. The number of methoxy groups -OCH3 is 1. The van der Waals surface area contributed by atoms with Gasteiger partial charge >= 0.3 is 5.97 Å². The van der Waals surface area contributed by atoms with Crippen LogP contribution in [0.5, 0.6) is 11.5 Å². The van der Waals surface area contributed by atoms with Crippen LogP contribution >= 0.6 is 15.9 Å². The topological polar surface area (TPSA) is 48.0 Å². The first-order valence-electron chi connectivity index (χ1n) is 11.3. The molecule has 0 spiro atoms. The smallest absolute Gasteiger partial charge is 0.338 e. The molecule has 3 aromatic rings. The van der Waals surface area contributed by atoms with Crippen LogP contribution < -0.4 is 14.4 Å². The molecule has 0 bridgehead atoms. The summed E-state index contributed by atoms with van der Waals surface area (Å²) in [4.78, 5) is 14.6. The quantitative estimate of drug-likeness (QED) is 0.303. The van der Waals surface area contributed by atoms with Crippen LogP contribution in [-0.4, -0.2) is 25.7 Å². The Bertz CT molecular complexity index is 1190. The lowest BCUT2D eigenvalue weighted by Crippen LogP contribution is -2.27. The van der Waals surface area contributed by atoms with Crippen LogP contribution in [0.1, 0.15) is 41.8 Å². The van der Waals surface area contributed by atoms with E-state index in [4.69, 9.17) is 14.2 Å². The average Bonchev–Trinajstić information content (AvgIpc) is 3.25. The monoisotopic (exact) mass is 521 g/mol. The van der Waals surface area contributed by atoms with E-state index in [-0.39, 0.29) is 12.0 Å². The average molecular weight is 522 g/mol. The van der Waals surface area contributed by atoms with Gasteiger partial charge in [-0.25, -0.2) is 4.79 Å². The molecule has 0 saturated heterocycles. The van der Waals surface area contributed by atoms with E-state index < -0.39 is 0 Å². The van der Waals surface area contributed by atoms with Crippen molar-refractivity contribution in [2.45, 2.75) is 32.9 Å². The third kappa shape index (κ3) is 5.28. The highest BCUT2D eigenvalue weighted by molar-refractivity contribution is 9.10. The summed E-state index contributed by atoms with van der Waals surface area (Å²) in [5.41, 5.74) is 4.60. The predicted octanol–water partition coefficient (Wildman–Crippen LogP) is 6.85. The molecule has 1 aliphatic rings. The fourth-order valence-corrected chi connectivity index (χ4v) is 4.43. The van der Waals surface area contributed by atoms with Crippen molar-refractivity contribution in [2.24, 2.45) is 0 Å². The van der Waals surface area contributed by atoms with E-state index in [1.54, 1.807) is 13.2 Å². The summed E-state index contributed by atoms with van der Waals surface area (Å²) < 4.78 is 17.7. The van der Waals surface area contributed by atoms with Gasteiger partial charge in [-0.2, -0.15) is 0 Å². The number of anilines is 1. The minimum atomic E-state index is -0.312. The van der Waals surface area contributed by atoms with Gasteiger partial charge in [0, 0.05) is 27.5 Å². The molecule has 1 aliphatic heterocycles. The molecule has 3 aromatic carbocycles. The highest BCUT2D eigenvalue weighted by atomic mass is 79.9. The van der Waals surface area contributed by atoms with E-state index in [2.05, 4.69) is 39.9 Å². The highest BCUT2D eigenvalue weighted by Crippen LogP contribution is 2.40. The van der Waals surface area contributed by atoms with Gasteiger partial charge in [0.1, 0.15) is 18.1 Å². The van der Waals surface area contributed by atoms with Crippen molar-refractivity contribution < 1.29 is 19.0 Å². The first-order chi connectivity index (χ1) is 16.5. The lowest BCUT2D eigenvalue weighted by atomic mass is 10.1. The van der Waals surface area contributed by atoms with Crippen molar-refractivity contribution >= 4 is 33.3 Å². The van der Waals surface area contributed by atoms with Gasteiger partial charge in [0.15, 0.2) is 0 Å². The van der Waals surface area contributed by atoms with E-state index in [1.165, 1.54) is 0 Å². The van der Waals surface area contributed by atoms with Crippen molar-refractivity contribution in [1.29, 1.82) is 0 Å². The molecule has 1 atom stereocenters. The van der Waals surface area contributed by atoms with Crippen molar-refractivity contribution in [3.8, 4) is 11.5 Å². The van der Waals surface area contributed by atoms with Crippen molar-refractivity contribution in [2.75, 3.05) is 18.6 Å². The van der Waals surface area contributed by atoms with Crippen LogP contribution in [0.3, 0.4) is 0 Å². The SMILES string of the molecule is CCOC(=O)c1cccc(N2C(c3cc(Br)ccc3OCc3ccc(OC)cc3)=CCC2C)c1. The molecule has 5 nitrogen and oxygen atoms in total. The largest absolute Gasteiger partial charge is 0.497 e. The maximum absolute atomic E-state index is 12.3. The number of esters is 1. The summed E-state index contributed by atoms with van der Waals surface area (Å²) >= 11 is 3.62. The Kier molecular flexibility index (Phi) is 7.58. The Balaban J connectivity index is 1.63. The summed E-state index contributed by atoms with van der Waals surface area (Å²) in [7, 11) is 1.66. The summed E-state index contributed by atoms with van der Waals surface area (Å²) in [5.74, 6) is 1.30. The van der Waals surface area contributed by atoms with Crippen LogP contribution in [-0.2, 0) is 11.3 Å². The zero-order chi connectivity index (χ0) is 24.1. The molecular formula is C28H28BrNO4. The van der Waals surface area contributed by atoms with E-state index in [9.17, 15) is 4.79 Å². The Morgan fingerprint density at radius 2 is 1.88 bits per heavy atom. The van der Waals surface area contributed by atoms with E-state index >= 15 is 0 Å². The molecule has 0 fully saturated rings. The Labute approximate surface area is 209 Å². The fraction of sp³-hybridized carbons (Fsp3) is 0.250. The zero-order valence-electron chi connectivity index (χ0n) is 19.6. The van der Waals surface area contributed by atoms with Gasteiger partial charge in [0.05, 0.1) is 19.3 Å². The Morgan fingerprint density at radius 3 is 2.62 bits per heavy atom. The molecule has 0 radical (unpaired) electrons. The molecule has 1 heterocycles. The van der Waals surface area contributed by atoms with E-state index in [0.717, 1.165) is 44.9 Å². The summed E-state index contributed by atoms with van der Waals surface area (Å²) in [6.45, 7) is 4.78. The molecular weight excluding hydrogens is 494 g/mol. The van der Waals surface area contributed by atoms with E-state index in [1.807, 2.05) is 61.5 Å². The maximum Gasteiger partial charge on any atom is 0.338 e. The van der Waals surface area contributed by atoms with E-state index in [0.29, 0.717) is 18.8 Å². The van der Waals surface area contributed by atoms with Crippen LogP contribution in [0.4, 0.5) is 5.69 Å².